The monoisotopic (exact) mass is 309 g/mol. The van der Waals surface area contributed by atoms with E-state index in [1.54, 1.807) is 11.3 Å². The summed E-state index contributed by atoms with van der Waals surface area (Å²) in [6, 6.07) is 0. The van der Waals surface area contributed by atoms with Crippen molar-refractivity contribution in [2.24, 2.45) is 11.7 Å². The van der Waals surface area contributed by atoms with Gasteiger partial charge in [-0.2, -0.15) is 0 Å². The summed E-state index contributed by atoms with van der Waals surface area (Å²) in [7, 11) is 0. The van der Waals surface area contributed by atoms with Gasteiger partial charge in [0, 0.05) is 16.3 Å². The van der Waals surface area contributed by atoms with Gasteiger partial charge in [0.25, 0.3) is 0 Å². The number of amides is 1. The number of rotatable bonds is 3. The molecule has 1 aliphatic rings. The third-order valence-electron chi connectivity index (χ3n) is 4.30. The van der Waals surface area contributed by atoms with Gasteiger partial charge in [-0.1, -0.05) is 33.6 Å². The van der Waals surface area contributed by atoms with Gasteiger partial charge >= 0.3 is 0 Å². The first-order chi connectivity index (χ1) is 9.70. The molecule has 4 nitrogen and oxygen atoms in total. The Bertz CT molecular complexity index is 502. The second-order valence-electron chi connectivity index (χ2n) is 7.40. The highest BCUT2D eigenvalue weighted by molar-refractivity contribution is 7.09. The van der Waals surface area contributed by atoms with Gasteiger partial charge in [0.15, 0.2) is 0 Å². The van der Waals surface area contributed by atoms with Crippen LogP contribution < -0.4 is 11.1 Å². The first kappa shape index (κ1) is 16.4. The molecule has 118 valence electrons. The standard InChI is InChI=1S/C16H27N3OS/c1-15(2,3)12-10-21-13(19-12)9-18-14(20)11-7-5-6-8-16(11,4)17/h10-11H,5-9,17H2,1-4H3,(H,18,20). The highest BCUT2D eigenvalue weighted by atomic mass is 32.1. The van der Waals surface area contributed by atoms with Crippen molar-refractivity contribution in [3.8, 4) is 0 Å². The maximum atomic E-state index is 12.4. The van der Waals surface area contributed by atoms with Crippen LogP contribution in [0.5, 0.6) is 0 Å². The van der Waals surface area contributed by atoms with Gasteiger partial charge in [0.05, 0.1) is 18.2 Å². The summed E-state index contributed by atoms with van der Waals surface area (Å²) >= 11 is 1.61. The van der Waals surface area contributed by atoms with Crippen LogP contribution in [0.1, 0.15) is 64.1 Å². The fourth-order valence-corrected chi connectivity index (χ4v) is 3.77. The number of carbonyl (C=O) groups is 1. The lowest BCUT2D eigenvalue weighted by atomic mass is 9.74. The molecule has 1 aromatic heterocycles. The summed E-state index contributed by atoms with van der Waals surface area (Å²) in [5.41, 5.74) is 7.04. The van der Waals surface area contributed by atoms with Crippen molar-refractivity contribution in [1.29, 1.82) is 0 Å². The van der Waals surface area contributed by atoms with Crippen molar-refractivity contribution in [3.63, 3.8) is 0 Å². The molecule has 0 bridgehead atoms. The first-order valence-corrected chi connectivity index (χ1v) is 8.59. The van der Waals surface area contributed by atoms with E-state index in [1.165, 1.54) is 0 Å². The molecule has 21 heavy (non-hydrogen) atoms. The van der Waals surface area contributed by atoms with Gasteiger partial charge in [-0.15, -0.1) is 11.3 Å². The Labute approximate surface area is 131 Å². The molecule has 0 aromatic carbocycles. The average Bonchev–Trinajstić information content (AvgIpc) is 2.84. The third kappa shape index (κ3) is 4.04. The number of hydrogen-bond donors (Lipinski definition) is 2. The predicted octanol–water partition coefficient (Wildman–Crippen LogP) is 2.96. The molecule has 1 amide bonds. The largest absolute Gasteiger partial charge is 0.349 e. The lowest BCUT2D eigenvalue weighted by Gasteiger charge is -2.37. The quantitative estimate of drug-likeness (QED) is 0.902. The summed E-state index contributed by atoms with van der Waals surface area (Å²) in [6.07, 6.45) is 4.04. The molecule has 0 radical (unpaired) electrons. The van der Waals surface area contributed by atoms with Crippen LogP contribution in [0, 0.1) is 5.92 Å². The van der Waals surface area contributed by atoms with Crippen LogP contribution in [0.3, 0.4) is 0 Å². The molecule has 1 heterocycles. The summed E-state index contributed by atoms with van der Waals surface area (Å²) in [4.78, 5) is 17.0. The van der Waals surface area contributed by atoms with Crippen LogP contribution in [-0.4, -0.2) is 16.4 Å². The molecular formula is C16H27N3OS. The number of thiazole rings is 1. The van der Waals surface area contributed by atoms with Gasteiger partial charge in [-0.3, -0.25) is 4.79 Å². The molecule has 0 spiro atoms. The van der Waals surface area contributed by atoms with Gasteiger partial charge < -0.3 is 11.1 Å². The van der Waals surface area contributed by atoms with Crippen LogP contribution in [0.2, 0.25) is 0 Å². The number of nitrogens with zero attached hydrogens (tertiary/aromatic N) is 1. The zero-order valence-electron chi connectivity index (χ0n) is 13.5. The minimum atomic E-state index is -0.373. The lowest BCUT2D eigenvalue weighted by Crippen LogP contribution is -2.52. The molecule has 1 fully saturated rings. The summed E-state index contributed by atoms with van der Waals surface area (Å²) in [5, 5.41) is 6.06. The van der Waals surface area contributed by atoms with Gasteiger partial charge in [-0.25, -0.2) is 4.98 Å². The number of hydrogen-bond acceptors (Lipinski definition) is 4. The van der Waals surface area contributed by atoms with E-state index in [2.05, 4.69) is 36.5 Å². The lowest BCUT2D eigenvalue weighted by molar-refractivity contribution is -0.128. The summed E-state index contributed by atoms with van der Waals surface area (Å²) in [5.74, 6) is 0.000470. The van der Waals surface area contributed by atoms with Gasteiger partial charge in [0.1, 0.15) is 5.01 Å². The van der Waals surface area contributed by atoms with Crippen LogP contribution >= 0.6 is 11.3 Å². The Morgan fingerprint density at radius 1 is 1.52 bits per heavy atom. The SMILES string of the molecule is CC(C)(C)c1csc(CNC(=O)C2CCCCC2(C)N)n1. The molecule has 1 aromatic rings. The summed E-state index contributed by atoms with van der Waals surface area (Å²) in [6.45, 7) is 8.94. The van der Waals surface area contributed by atoms with Crippen LogP contribution in [0.15, 0.2) is 5.38 Å². The van der Waals surface area contributed by atoms with E-state index in [4.69, 9.17) is 5.73 Å². The van der Waals surface area contributed by atoms with E-state index in [-0.39, 0.29) is 22.8 Å². The van der Waals surface area contributed by atoms with Crippen molar-refractivity contribution in [1.82, 2.24) is 10.3 Å². The van der Waals surface area contributed by atoms with Crippen molar-refractivity contribution in [2.45, 2.75) is 70.9 Å². The molecule has 5 heteroatoms. The molecule has 2 unspecified atom stereocenters. The van der Waals surface area contributed by atoms with E-state index in [0.717, 1.165) is 36.4 Å². The Hall–Kier alpha value is -0.940. The van der Waals surface area contributed by atoms with E-state index in [9.17, 15) is 4.79 Å². The zero-order chi connectivity index (χ0) is 15.7. The number of nitrogens with one attached hydrogen (secondary N) is 1. The van der Waals surface area contributed by atoms with Crippen LogP contribution in [0.25, 0.3) is 0 Å². The second kappa shape index (κ2) is 6.05. The smallest absolute Gasteiger partial charge is 0.225 e. The van der Waals surface area contributed by atoms with Gasteiger partial charge in [-0.05, 0) is 19.8 Å². The van der Waals surface area contributed by atoms with E-state index < -0.39 is 0 Å². The normalized spacial score (nSPS) is 26.6. The fraction of sp³-hybridized carbons (Fsp3) is 0.750. The summed E-state index contributed by atoms with van der Waals surface area (Å²) < 4.78 is 0. The Morgan fingerprint density at radius 3 is 2.81 bits per heavy atom. The van der Waals surface area contributed by atoms with E-state index in [1.807, 2.05) is 6.92 Å². The maximum Gasteiger partial charge on any atom is 0.225 e. The molecule has 1 aliphatic carbocycles. The van der Waals surface area contributed by atoms with Crippen molar-refractivity contribution in [3.05, 3.63) is 16.1 Å². The first-order valence-electron chi connectivity index (χ1n) is 7.71. The minimum absolute atomic E-state index is 0.0535. The molecule has 0 aliphatic heterocycles. The Morgan fingerprint density at radius 2 is 2.24 bits per heavy atom. The fourth-order valence-electron chi connectivity index (χ4n) is 2.81. The topological polar surface area (TPSA) is 68.0 Å². The second-order valence-corrected chi connectivity index (χ2v) is 8.34. The van der Waals surface area contributed by atoms with E-state index in [0.29, 0.717) is 6.54 Å². The molecular weight excluding hydrogens is 282 g/mol. The van der Waals surface area contributed by atoms with Crippen LogP contribution in [0.4, 0.5) is 0 Å². The molecule has 2 rings (SSSR count). The van der Waals surface area contributed by atoms with E-state index >= 15 is 0 Å². The number of nitrogens with two attached hydrogens (primary N) is 1. The minimum Gasteiger partial charge on any atom is -0.349 e. The molecule has 1 saturated carbocycles. The Kier molecular flexibility index (Phi) is 4.73. The maximum absolute atomic E-state index is 12.4. The van der Waals surface area contributed by atoms with Crippen molar-refractivity contribution < 1.29 is 4.79 Å². The van der Waals surface area contributed by atoms with Crippen molar-refractivity contribution in [2.75, 3.05) is 0 Å². The molecule has 2 atom stereocenters. The molecule has 3 N–H and O–H groups in total. The zero-order valence-corrected chi connectivity index (χ0v) is 14.3. The highest BCUT2D eigenvalue weighted by Crippen LogP contribution is 2.31. The Balaban J connectivity index is 1.93. The predicted molar refractivity (Wildman–Crippen MR) is 87.2 cm³/mol. The average molecular weight is 309 g/mol. The van der Waals surface area contributed by atoms with Crippen molar-refractivity contribution >= 4 is 17.2 Å². The number of carbonyl (C=O) groups excluding carboxylic acids is 1. The third-order valence-corrected chi connectivity index (χ3v) is 5.15. The van der Waals surface area contributed by atoms with Gasteiger partial charge in [0.2, 0.25) is 5.91 Å². The number of aromatic nitrogens is 1. The highest BCUT2D eigenvalue weighted by Gasteiger charge is 2.37. The van der Waals surface area contributed by atoms with Crippen LogP contribution in [-0.2, 0) is 16.8 Å². The molecule has 0 saturated heterocycles.